The maximum absolute atomic E-state index is 13.8. The summed E-state index contributed by atoms with van der Waals surface area (Å²) in [5.74, 6) is -0.616. The first-order valence-electron chi connectivity index (χ1n) is 12.6. The van der Waals surface area contributed by atoms with Crippen molar-refractivity contribution in [2.75, 3.05) is 24.9 Å². The standard InChI is InChI=1S/C27H38N4O4S/c1-4-25(27(33)28-23-16-10-6-11-17-23)30(20-22-14-8-5-9-15-22)26(32)21-31(36(34,35)29(2)3)24-18-12-7-13-19-24/h5,7-9,12-15,18-19,23,25H,4,6,10-11,16-17,20-21H2,1-3H3,(H,28,33)/t25-/m0/s1. The van der Waals surface area contributed by atoms with E-state index in [0.29, 0.717) is 12.1 Å². The van der Waals surface area contributed by atoms with E-state index in [9.17, 15) is 18.0 Å². The van der Waals surface area contributed by atoms with Crippen molar-refractivity contribution in [2.45, 2.75) is 64.1 Å². The van der Waals surface area contributed by atoms with Crippen molar-refractivity contribution in [2.24, 2.45) is 0 Å². The second kappa shape index (κ2) is 12.9. The van der Waals surface area contributed by atoms with E-state index < -0.39 is 28.7 Å². The Morgan fingerprint density at radius 3 is 2.08 bits per heavy atom. The zero-order valence-electron chi connectivity index (χ0n) is 21.5. The summed E-state index contributed by atoms with van der Waals surface area (Å²) in [7, 11) is -1.08. The van der Waals surface area contributed by atoms with Gasteiger partial charge in [0.05, 0.1) is 5.69 Å². The first-order chi connectivity index (χ1) is 17.2. The van der Waals surface area contributed by atoms with E-state index in [-0.39, 0.29) is 18.5 Å². The molecule has 196 valence electrons. The monoisotopic (exact) mass is 514 g/mol. The third kappa shape index (κ3) is 7.07. The molecule has 1 atom stereocenters. The largest absolute Gasteiger partial charge is 0.352 e. The molecule has 2 aromatic rings. The fourth-order valence-corrected chi connectivity index (χ4v) is 5.61. The fraction of sp³-hybridized carbons (Fsp3) is 0.481. The summed E-state index contributed by atoms with van der Waals surface area (Å²) in [5.41, 5.74) is 1.26. The molecular formula is C27H38N4O4S. The third-order valence-corrected chi connectivity index (χ3v) is 8.42. The van der Waals surface area contributed by atoms with Crippen LogP contribution in [-0.2, 0) is 26.3 Å². The van der Waals surface area contributed by atoms with Gasteiger partial charge in [-0.05, 0) is 37.0 Å². The Morgan fingerprint density at radius 1 is 0.944 bits per heavy atom. The molecule has 8 nitrogen and oxygen atoms in total. The Bertz CT molecular complexity index is 1090. The van der Waals surface area contributed by atoms with Crippen molar-refractivity contribution in [3.8, 4) is 0 Å². The Morgan fingerprint density at radius 2 is 1.53 bits per heavy atom. The van der Waals surface area contributed by atoms with E-state index in [2.05, 4.69) is 5.32 Å². The minimum absolute atomic E-state index is 0.115. The van der Waals surface area contributed by atoms with E-state index >= 15 is 0 Å². The first kappa shape index (κ1) is 27.7. The summed E-state index contributed by atoms with van der Waals surface area (Å²) in [5, 5.41) is 3.15. The highest BCUT2D eigenvalue weighted by Crippen LogP contribution is 2.22. The third-order valence-electron chi connectivity index (χ3n) is 6.60. The number of anilines is 1. The minimum Gasteiger partial charge on any atom is -0.352 e. The lowest BCUT2D eigenvalue weighted by Gasteiger charge is -2.35. The minimum atomic E-state index is -3.95. The predicted molar refractivity (Wildman–Crippen MR) is 142 cm³/mol. The SMILES string of the molecule is CC[C@@H](C(=O)NC1CCCCC1)N(Cc1ccccc1)C(=O)CN(c1ccccc1)S(=O)(=O)N(C)C. The van der Waals surface area contributed by atoms with Crippen molar-refractivity contribution in [3.05, 3.63) is 66.2 Å². The predicted octanol–water partition coefficient (Wildman–Crippen LogP) is 3.56. The molecule has 3 rings (SSSR count). The molecule has 0 unspecified atom stereocenters. The van der Waals surface area contributed by atoms with Gasteiger partial charge in [-0.1, -0.05) is 74.7 Å². The maximum atomic E-state index is 13.8. The van der Waals surface area contributed by atoms with Gasteiger partial charge < -0.3 is 10.2 Å². The second-order valence-corrected chi connectivity index (χ2v) is 11.5. The fourth-order valence-electron chi connectivity index (χ4n) is 4.56. The van der Waals surface area contributed by atoms with Gasteiger partial charge in [-0.25, -0.2) is 4.31 Å². The van der Waals surface area contributed by atoms with Gasteiger partial charge in [0, 0.05) is 26.7 Å². The molecule has 0 aromatic heterocycles. The summed E-state index contributed by atoms with van der Waals surface area (Å²) in [4.78, 5) is 28.7. The van der Waals surface area contributed by atoms with Crippen molar-refractivity contribution < 1.29 is 18.0 Å². The van der Waals surface area contributed by atoms with Crippen molar-refractivity contribution in [3.63, 3.8) is 0 Å². The number of benzene rings is 2. The van der Waals surface area contributed by atoms with Gasteiger partial charge in [0.1, 0.15) is 12.6 Å². The number of hydrogen-bond donors (Lipinski definition) is 1. The summed E-state index contributed by atoms with van der Waals surface area (Å²) in [6.45, 7) is 1.67. The molecule has 1 aliphatic carbocycles. The van der Waals surface area contributed by atoms with Gasteiger partial charge in [0.2, 0.25) is 11.8 Å². The van der Waals surface area contributed by atoms with Crippen LogP contribution in [0.4, 0.5) is 5.69 Å². The zero-order chi connectivity index (χ0) is 26.1. The Labute approximate surface area is 215 Å². The number of para-hydroxylation sites is 1. The van der Waals surface area contributed by atoms with Gasteiger partial charge in [0.25, 0.3) is 0 Å². The van der Waals surface area contributed by atoms with E-state index in [4.69, 9.17) is 0 Å². The average Bonchev–Trinajstić information content (AvgIpc) is 2.88. The Balaban J connectivity index is 1.91. The van der Waals surface area contributed by atoms with Crippen molar-refractivity contribution in [1.82, 2.24) is 14.5 Å². The van der Waals surface area contributed by atoms with Crippen LogP contribution in [0.5, 0.6) is 0 Å². The Kier molecular flexibility index (Phi) is 9.89. The van der Waals surface area contributed by atoms with Gasteiger partial charge in [-0.3, -0.25) is 9.59 Å². The molecule has 9 heteroatoms. The molecule has 1 N–H and O–H groups in total. The molecule has 1 fully saturated rings. The van der Waals surface area contributed by atoms with Crippen LogP contribution in [0.3, 0.4) is 0 Å². The molecule has 1 aliphatic rings. The van der Waals surface area contributed by atoms with E-state index in [1.165, 1.54) is 25.4 Å². The average molecular weight is 515 g/mol. The van der Waals surface area contributed by atoms with Gasteiger partial charge >= 0.3 is 10.2 Å². The lowest BCUT2D eigenvalue weighted by Crippen LogP contribution is -2.54. The first-order valence-corrected chi connectivity index (χ1v) is 14.0. The summed E-state index contributed by atoms with van der Waals surface area (Å²) < 4.78 is 28.6. The highest BCUT2D eigenvalue weighted by molar-refractivity contribution is 7.90. The molecule has 0 bridgehead atoms. The summed E-state index contributed by atoms with van der Waals surface area (Å²) in [6.07, 6.45) is 5.65. The molecule has 2 aromatic carbocycles. The van der Waals surface area contributed by atoms with Crippen LogP contribution < -0.4 is 9.62 Å². The van der Waals surface area contributed by atoms with Crippen LogP contribution in [-0.4, -0.2) is 62.2 Å². The van der Waals surface area contributed by atoms with E-state index in [0.717, 1.165) is 39.9 Å². The topological polar surface area (TPSA) is 90.0 Å². The molecule has 0 spiro atoms. The molecular weight excluding hydrogens is 476 g/mol. The summed E-state index contributed by atoms with van der Waals surface area (Å²) in [6, 6.07) is 17.4. The highest BCUT2D eigenvalue weighted by Gasteiger charge is 2.34. The number of carbonyl (C=O) groups is 2. The van der Waals surface area contributed by atoms with Gasteiger partial charge in [0.15, 0.2) is 0 Å². The molecule has 1 saturated carbocycles. The van der Waals surface area contributed by atoms with Crippen LogP contribution in [0.2, 0.25) is 0 Å². The Hall–Kier alpha value is -2.91. The quantitative estimate of drug-likeness (QED) is 0.497. The summed E-state index contributed by atoms with van der Waals surface area (Å²) >= 11 is 0. The number of nitrogens with one attached hydrogen (secondary N) is 1. The van der Waals surface area contributed by atoms with Crippen LogP contribution in [0.1, 0.15) is 51.0 Å². The lowest BCUT2D eigenvalue weighted by molar-refractivity contribution is -0.140. The van der Waals surface area contributed by atoms with Gasteiger partial charge in [-0.2, -0.15) is 12.7 Å². The molecule has 0 heterocycles. The number of rotatable bonds is 11. The second-order valence-electron chi connectivity index (χ2n) is 9.41. The van der Waals surface area contributed by atoms with Crippen LogP contribution in [0.25, 0.3) is 0 Å². The number of nitrogens with zero attached hydrogens (tertiary/aromatic N) is 3. The molecule has 0 aliphatic heterocycles. The highest BCUT2D eigenvalue weighted by atomic mass is 32.2. The maximum Gasteiger partial charge on any atom is 0.304 e. The van der Waals surface area contributed by atoms with E-state index in [1.54, 1.807) is 30.3 Å². The number of carbonyl (C=O) groups excluding carboxylic acids is 2. The van der Waals surface area contributed by atoms with Crippen LogP contribution in [0.15, 0.2) is 60.7 Å². The van der Waals surface area contributed by atoms with Crippen LogP contribution in [0, 0.1) is 0 Å². The number of hydrogen-bond acceptors (Lipinski definition) is 4. The van der Waals surface area contributed by atoms with Gasteiger partial charge in [-0.15, -0.1) is 0 Å². The zero-order valence-corrected chi connectivity index (χ0v) is 22.3. The normalized spacial score (nSPS) is 15.3. The van der Waals surface area contributed by atoms with Crippen molar-refractivity contribution in [1.29, 1.82) is 0 Å². The lowest BCUT2D eigenvalue weighted by atomic mass is 9.95. The molecule has 0 radical (unpaired) electrons. The molecule has 2 amide bonds. The van der Waals surface area contributed by atoms with Crippen LogP contribution >= 0.6 is 0 Å². The van der Waals surface area contributed by atoms with E-state index in [1.807, 2.05) is 37.3 Å². The smallest absolute Gasteiger partial charge is 0.304 e. The van der Waals surface area contributed by atoms with Crippen molar-refractivity contribution >= 4 is 27.7 Å². The molecule has 0 saturated heterocycles. The molecule has 36 heavy (non-hydrogen) atoms. The number of amides is 2.